The second-order valence-corrected chi connectivity index (χ2v) is 18.2. The van der Waals surface area contributed by atoms with Crippen LogP contribution in [0.2, 0.25) is 0 Å². The number of carbonyl (C=O) groups is 2. The summed E-state index contributed by atoms with van der Waals surface area (Å²) < 4.78 is 5.90. The van der Waals surface area contributed by atoms with Crippen molar-refractivity contribution in [2.75, 3.05) is 6.61 Å². The lowest BCUT2D eigenvalue weighted by atomic mass is 10.0. The second kappa shape index (κ2) is 51.3. The molecular weight excluding hydrogens is 791 g/mol. The normalized spacial score (nSPS) is 13.8. The predicted octanol–water partition coefficient (Wildman–Crippen LogP) is 16.6. The van der Waals surface area contributed by atoms with Crippen LogP contribution in [0.25, 0.3) is 0 Å². The van der Waals surface area contributed by atoms with Crippen molar-refractivity contribution in [3.05, 3.63) is 72.9 Å². The first-order valence-electron chi connectivity index (χ1n) is 27.2. The minimum atomic E-state index is -0.804. The summed E-state index contributed by atoms with van der Waals surface area (Å²) in [6.45, 7) is 6.34. The molecule has 3 unspecified atom stereocenters. The monoisotopic (exact) mass is 894 g/mol. The molecule has 0 aliphatic heterocycles. The molecule has 0 bridgehead atoms. The van der Waals surface area contributed by atoms with Crippen LogP contribution in [0.5, 0.6) is 0 Å². The topological polar surface area (TPSA) is 95.9 Å². The number of aliphatic hydroxyl groups is 2. The van der Waals surface area contributed by atoms with Gasteiger partial charge in [-0.25, -0.2) is 0 Å². The maximum Gasteiger partial charge on any atom is 0.306 e. The van der Waals surface area contributed by atoms with Crippen LogP contribution in [0.4, 0.5) is 0 Å². The Labute approximate surface area is 396 Å². The molecule has 0 saturated carbocycles. The van der Waals surface area contributed by atoms with E-state index >= 15 is 0 Å². The van der Waals surface area contributed by atoms with Gasteiger partial charge in [-0.1, -0.05) is 229 Å². The van der Waals surface area contributed by atoms with Crippen LogP contribution in [0.15, 0.2) is 72.9 Å². The van der Waals surface area contributed by atoms with Crippen molar-refractivity contribution in [1.29, 1.82) is 0 Å². The standard InChI is InChI=1S/C58H103NO5/c1-4-7-10-13-16-19-22-25-27-29-31-33-36-39-42-45-48-51-58(63)64-54(49-46-43-40-37-34-24-21-18-15-12-9-6-3)52-57(62)59-55(53-60)56(61)50-47-44-41-38-35-32-30-28-26-23-20-17-14-11-8-5-2/h9,12,16,18-19,21,25,27,31,33,39,42,54-56,60-61H,4-8,10-11,13-15,17,20,22-24,26,28-30,32,34-38,40-41,43-53H2,1-3H3,(H,59,62)/b12-9+,19-16-,21-18+,27-25-,33-31-,42-39-. The van der Waals surface area contributed by atoms with Crippen molar-refractivity contribution in [3.8, 4) is 0 Å². The number of esters is 1. The minimum Gasteiger partial charge on any atom is -0.462 e. The lowest BCUT2D eigenvalue weighted by molar-refractivity contribution is -0.151. The zero-order valence-corrected chi connectivity index (χ0v) is 42.1. The largest absolute Gasteiger partial charge is 0.462 e. The SMILES string of the molecule is CC/C=C/C/C=C/CCCCCCCC(CC(=O)NC(CO)C(O)CCCCCCCCCCCCCCCCCC)OC(=O)CCC/C=C\C/C=C\C/C=C\C/C=C\CCCCC. The number of hydrogen-bond acceptors (Lipinski definition) is 5. The van der Waals surface area contributed by atoms with Gasteiger partial charge in [-0.2, -0.15) is 0 Å². The van der Waals surface area contributed by atoms with Gasteiger partial charge in [-0.3, -0.25) is 9.59 Å². The molecule has 0 radical (unpaired) electrons. The average molecular weight is 894 g/mol. The molecule has 0 saturated heterocycles. The average Bonchev–Trinajstić information content (AvgIpc) is 3.29. The van der Waals surface area contributed by atoms with E-state index in [2.05, 4.69) is 99.0 Å². The molecule has 370 valence electrons. The third-order valence-corrected chi connectivity index (χ3v) is 12.0. The fourth-order valence-electron chi connectivity index (χ4n) is 7.93. The lowest BCUT2D eigenvalue weighted by Crippen LogP contribution is -2.46. The van der Waals surface area contributed by atoms with Crippen LogP contribution in [-0.2, 0) is 14.3 Å². The first kappa shape index (κ1) is 61.3. The maximum atomic E-state index is 13.2. The number of ether oxygens (including phenoxy) is 1. The number of hydrogen-bond donors (Lipinski definition) is 3. The molecule has 3 atom stereocenters. The Morgan fingerprint density at radius 2 is 0.844 bits per heavy atom. The van der Waals surface area contributed by atoms with Gasteiger partial charge in [0.15, 0.2) is 0 Å². The van der Waals surface area contributed by atoms with E-state index in [1.54, 1.807) is 0 Å². The summed E-state index contributed by atoms with van der Waals surface area (Å²) in [5.41, 5.74) is 0. The zero-order valence-electron chi connectivity index (χ0n) is 42.1. The molecule has 6 heteroatoms. The molecule has 1 amide bonds. The number of rotatable bonds is 48. The number of unbranched alkanes of at least 4 members (excludes halogenated alkanes) is 24. The molecule has 3 N–H and O–H groups in total. The van der Waals surface area contributed by atoms with E-state index in [-0.39, 0.29) is 24.9 Å². The van der Waals surface area contributed by atoms with Gasteiger partial charge in [0.25, 0.3) is 0 Å². The highest BCUT2D eigenvalue weighted by Crippen LogP contribution is 2.17. The molecule has 6 nitrogen and oxygen atoms in total. The van der Waals surface area contributed by atoms with Crippen LogP contribution >= 0.6 is 0 Å². The molecule has 0 aliphatic carbocycles. The van der Waals surface area contributed by atoms with E-state index in [0.717, 1.165) is 89.9 Å². The van der Waals surface area contributed by atoms with Gasteiger partial charge in [0.1, 0.15) is 6.10 Å². The Kier molecular flexibility index (Phi) is 49.1. The van der Waals surface area contributed by atoms with E-state index in [0.29, 0.717) is 25.7 Å². The lowest BCUT2D eigenvalue weighted by Gasteiger charge is -2.24. The van der Waals surface area contributed by atoms with Crippen molar-refractivity contribution in [2.45, 2.75) is 277 Å². The molecule has 0 aromatic rings. The molecule has 64 heavy (non-hydrogen) atoms. The Balaban J connectivity index is 4.61. The maximum absolute atomic E-state index is 13.2. The number of allylic oxidation sites excluding steroid dienone is 12. The molecule has 0 spiro atoms. The third-order valence-electron chi connectivity index (χ3n) is 12.0. The van der Waals surface area contributed by atoms with Crippen LogP contribution in [-0.4, -0.2) is 46.9 Å². The van der Waals surface area contributed by atoms with Crippen LogP contribution in [0.1, 0.15) is 258 Å². The summed E-state index contributed by atoms with van der Waals surface area (Å²) in [6, 6.07) is -0.720. The van der Waals surface area contributed by atoms with Crippen LogP contribution in [0.3, 0.4) is 0 Å². The quantitative estimate of drug-likeness (QED) is 0.0321. The highest BCUT2D eigenvalue weighted by Gasteiger charge is 2.24. The smallest absolute Gasteiger partial charge is 0.306 e. The molecule has 0 aliphatic rings. The second-order valence-electron chi connectivity index (χ2n) is 18.2. The molecule has 0 heterocycles. The summed E-state index contributed by atoms with van der Waals surface area (Å²) in [5, 5.41) is 23.8. The van der Waals surface area contributed by atoms with E-state index in [1.807, 2.05) is 0 Å². The molecule has 0 rings (SSSR count). The predicted molar refractivity (Wildman–Crippen MR) is 278 cm³/mol. The highest BCUT2D eigenvalue weighted by atomic mass is 16.5. The van der Waals surface area contributed by atoms with Crippen molar-refractivity contribution in [3.63, 3.8) is 0 Å². The van der Waals surface area contributed by atoms with Crippen molar-refractivity contribution in [1.82, 2.24) is 5.32 Å². The Morgan fingerprint density at radius 1 is 0.469 bits per heavy atom. The van der Waals surface area contributed by atoms with Gasteiger partial charge in [-0.15, -0.1) is 0 Å². The summed E-state index contributed by atoms with van der Waals surface area (Å²) in [7, 11) is 0. The number of carbonyl (C=O) groups excluding carboxylic acids is 2. The summed E-state index contributed by atoms with van der Waals surface area (Å²) >= 11 is 0. The van der Waals surface area contributed by atoms with E-state index < -0.39 is 18.2 Å². The van der Waals surface area contributed by atoms with Crippen LogP contribution in [0, 0.1) is 0 Å². The van der Waals surface area contributed by atoms with Gasteiger partial charge >= 0.3 is 5.97 Å². The fraction of sp³-hybridized carbons (Fsp3) is 0.759. The Bertz CT molecular complexity index is 1190. The van der Waals surface area contributed by atoms with Crippen LogP contribution < -0.4 is 5.32 Å². The minimum absolute atomic E-state index is 0.0441. The first-order chi connectivity index (χ1) is 31.5. The van der Waals surface area contributed by atoms with E-state index in [4.69, 9.17) is 4.74 Å². The number of aliphatic hydroxyl groups excluding tert-OH is 2. The van der Waals surface area contributed by atoms with Crippen molar-refractivity contribution in [2.24, 2.45) is 0 Å². The van der Waals surface area contributed by atoms with Gasteiger partial charge < -0.3 is 20.3 Å². The summed E-state index contributed by atoms with van der Waals surface area (Å²) in [6.07, 6.45) is 65.4. The van der Waals surface area contributed by atoms with E-state index in [9.17, 15) is 19.8 Å². The first-order valence-corrected chi connectivity index (χ1v) is 27.2. The van der Waals surface area contributed by atoms with Crippen molar-refractivity contribution < 1.29 is 24.5 Å². The fourth-order valence-corrected chi connectivity index (χ4v) is 7.93. The molecule has 0 fully saturated rings. The van der Waals surface area contributed by atoms with Gasteiger partial charge in [0.05, 0.1) is 25.2 Å². The molecular formula is C58H103NO5. The number of amides is 1. The van der Waals surface area contributed by atoms with Gasteiger partial charge in [0, 0.05) is 6.42 Å². The summed E-state index contributed by atoms with van der Waals surface area (Å²) in [4.78, 5) is 26.2. The van der Waals surface area contributed by atoms with Crippen molar-refractivity contribution >= 4 is 11.9 Å². The summed E-state index contributed by atoms with van der Waals surface area (Å²) in [5.74, 6) is -0.555. The molecule has 0 aromatic heterocycles. The van der Waals surface area contributed by atoms with Gasteiger partial charge in [0.2, 0.25) is 5.91 Å². The van der Waals surface area contributed by atoms with E-state index in [1.165, 1.54) is 116 Å². The zero-order chi connectivity index (χ0) is 46.7. The Hall–Kier alpha value is -2.70. The van der Waals surface area contributed by atoms with Gasteiger partial charge in [-0.05, 0) is 89.9 Å². The highest BCUT2D eigenvalue weighted by molar-refractivity contribution is 5.77. The molecule has 0 aromatic carbocycles. The third kappa shape index (κ3) is 45.9. The Morgan fingerprint density at radius 3 is 1.31 bits per heavy atom. The number of nitrogens with one attached hydrogen (secondary N) is 1.